The molecule has 1 aliphatic heterocycles. The Kier molecular flexibility index (Phi) is 5.25. The average molecular weight is 376 g/mol. The van der Waals surface area contributed by atoms with Gasteiger partial charge in [0.05, 0.1) is 11.3 Å². The zero-order valence-electron chi connectivity index (χ0n) is 16.2. The summed E-state index contributed by atoms with van der Waals surface area (Å²) in [5.41, 5.74) is 2.41. The van der Waals surface area contributed by atoms with Gasteiger partial charge in [-0.25, -0.2) is 19.9 Å². The van der Waals surface area contributed by atoms with Crippen molar-refractivity contribution >= 4 is 22.8 Å². The van der Waals surface area contributed by atoms with E-state index in [1.165, 1.54) is 0 Å². The van der Waals surface area contributed by atoms with E-state index in [0.717, 1.165) is 42.9 Å². The maximum atomic E-state index is 11.7. The second-order valence-corrected chi connectivity index (χ2v) is 7.03. The zero-order chi connectivity index (χ0) is 19.5. The molecule has 7 nitrogen and oxygen atoms in total. The molecule has 0 amide bonds. The Labute approximate surface area is 164 Å². The molecule has 1 atom stereocenters. The van der Waals surface area contributed by atoms with Gasteiger partial charge in [0, 0.05) is 62.6 Å². The number of rotatable bonds is 5. The maximum absolute atomic E-state index is 11.7. The molecule has 0 radical (unpaired) electrons. The van der Waals surface area contributed by atoms with Crippen LogP contribution in [-0.4, -0.2) is 56.8 Å². The van der Waals surface area contributed by atoms with Crippen molar-refractivity contribution in [2.24, 2.45) is 0 Å². The van der Waals surface area contributed by atoms with Crippen LogP contribution < -0.4 is 4.90 Å². The highest BCUT2D eigenvalue weighted by atomic mass is 16.1. The van der Waals surface area contributed by atoms with E-state index in [-0.39, 0.29) is 11.8 Å². The fraction of sp³-hybridized carbons (Fsp3) is 0.381. The van der Waals surface area contributed by atoms with Gasteiger partial charge in [-0.2, -0.15) is 0 Å². The van der Waals surface area contributed by atoms with Gasteiger partial charge in [0.15, 0.2) is 11.4 Å². The van der Waals surface area contributed by atoms with Gasteiger partial charge in [-0.3, -0.25) is 9.69 Å². The van der Waals surface area contributed by atoms with Crippen molar-refractivity contribution in [2.45, 2.75) is 26.3 Å². The summed E-state index contributed by atoms with van der Waals surface area (Å²) in [4.78, 5) is 34.2. The SMILES string of the molecule is CCC(=O)c1cnc(N2CCN(C(C)c3ccc4cccnc4n3)CC2)nc1. The number of ketones is 1. The highest BCUT2D eigenvalue weighted by Gasteiger charge is 2.24. The molecule has 1 saturated heterocycles. The van der Waals surface area contributed by atoms with Gasteiger partial charge < -0.3 is 4.90 Å². The van der Waals surface area contributed by atoms with Crippen molar-refractivity contribution in [3.63, 3.8) is 0 Å². The second-order valence-electron chi connectivity index (χ2n) is 7.03. The van der Waals surface area contributed by atoms with E-state index in [2.05, 4.69) is 43.8 Å². The molecule has 0 bridgehead atoms. The van der Waals surface area contributed by atoms with Crippen LogP contribution in [0.4, 0.5) is 5.95 Å². The van der Waals surface area contributed by atoms with E-state index in [4.69, 9.17) is 4.98 Å². The summed E-state index contributed by atoms with van der Waals surface area (Å²) >= 11 is 0. The van der Waals surface area contributed by atoms with Crippen LogP contribution in [0.3, 0.4) is 0 Å². The van der Waals surface area contributed by atoms with E-state index < -0.39 is 0 Å². The number of fused-ring (bicyclic) bond motifs is 1. The van der Waals surface area contributed by atoms with Crippen molar-refractivity contribution in [2.75, 3.05) is 31.1 Å². The van der Waals surface area contributed by atoms with E-state index in [1.54, 1.807) is 18.6 Å². The quantitative estimate of drug-likeness (QED) is 0.634. The normalized spacial score (nSPS) is 16.3. The number of hydrogen-bond donors (Lipinski definition) is 0. The van der Waals surface area contributed by atoms with E-state index in [1.807, 2.05) is 19.1 Å². The molecule has 4 rings (SSSR count). The highest BCUT2D eigenvalue weighted by molar-refractivity contribution is 5.95. The van der Waals surface area contributed by atoms with E-state index >= 15 is 0 Å². The Morgan fingerprint density at radius 1 is 1.07 bits per heavy atom. The number of aromatic nitrogens is 4. The third-order valence-corrected chi connectivity index (χ3v) is 5.34. The van der Waals surface area contributed by atoms with Crippen molar-refractivity contribution in [1.82, 2.24) is 24.8 Å². The lowest BCUT2D eigenvalue weighted by Crippen LogP contribution is -2.47. The summed E-state index contributed by atoms with van der Waals surface area (Å²) in [6.45, 7) is 7.53. The molecule has 7 heteroatoms. The van der Waals surface area contributed by atoms with Crippen molar-refractivity contribution in [3.05, 3.63) is 54.1 Å². The number of carbonyl (C=O) groups is 1. The Morgan fingerprint density at radius 3 is 2.54 bits per heavy atom. The van der Waals surface area contributed by atoms with Crippen LogP contribution in [0, 0.1) is 0 Å². The minimum atomic E-state index is 0.0718. The first-order valence-electron chi connectivity index (χ1n) is 9.71. The summed E-state index contributed by atoms with van der Waals surface area (Å²) in [6, 6.07) is 8.36. The fourth-order valence-electron chi connectivity index (χ4n) is 3.53. The van der Waals surface area contributed by atoms with Gasteiger partial charge in [0.25, 0.3) is 0 Å². The lowest BCUT2D eigenvalue weighted by molar-refractivity contribution is 0.0987. The molecule has 1 aliphatic rings. The van der Waals surface area contributed by atoms with Crippen LogP contribution in [0.1, 0.15) is 42.4 Å². The first-order valence-corrected chi connectivity index (χ1v) is 9.71. The molecular formula is C21H24N6O. The summed E-state index contributed by atoms with van der Waals surface area (Å²) in [5.74, 6) is 0.760. The average Bonchev–Trinajstić information content (AvgIpc) is 2.78. The third kappa shape index (κ3) is 3.71. The molecule has 3 aromatic heterocycles. The van der Waals surface area contributed by atoms with E-state index in [0.29, 0.717) is 17.9 Å². The molecule has 1 fully saturated rings. The van der Waals surface area contributed by atoms with Crippen LogP contribution >= 0.6 is 0 Å². The van der Waals surface area contributed by atoms with Crippen LogP contribution in [0.25, 0.3) is 11.0 Å². The predicted molar refractivity (Wildman–Crippen MR) is 108 cm³/mol. The van der Waals surface area contributed by atoms with Crippen molar-refractivity contribution < 1.29 is 4.79 Å². The smallest absolute Gasteiger partial charge is 0.225 e. The van der Waals surface area contributed by atoms with Gasteiger partial charge in [-0.1, -0.05) is 6.92 Å². The number of nitrogens with zero attached hydrogens (tertiary/aromatic N) is 6. The number of pyridine rings is 2. The molecular weight excluding hydrogens is 352 g/mol. The highest BCUT2D eigenvalue weighted by Crippen LogP contribution is 2.23. The van der Waals surface area contributed by atoms with Gasteiger partial charge in [-0.15, -0.1) is 0 Å². The number of Topliss-reactive ketones (excluding diaryl/α,β-unsaturated/α-hetero) is 1. The van der Waals surface area contributed by atoms with Crippen LogP contribution in [0.15, 0.2) is 42.9 Å². The molecule has 4 heterocycles. The Bertz CT molecular complexity index is 966. The number of anilines is 1. The summed E-state index contributed by atoms with van der Waals surface area (Å²) < 4.78 is 0. The van der Waals surface area contributed by atoms with Gasteiger partial charge in [0.1, 0.15) is 0 Å². The Balaban J connectivity index is 1.41. The standard InChI is InChI=1S/C21H24N6O/c1-3-19(28)17-13-23-21(24-14-17)27-11-9-26(10-12-27)15(2)18-7-6-16-5-4-8-22-20(16)25-18/h4-8,13-15H,3,9-12H2,1-2H3. The zero-order valence-corrected chi connectivity index (χ0v) is 16.2. The van der Waals surface area contributed by atoms with Crippen LogP contribution in [-0.2, 0) is 0 Å². The summed E-state index contributed by atoms with van der Waals surface area (Å²) in [6.07, 6.45) is 5.52. The first kappa shape index (κ1) is 18.4. The van der Waals surface area contributed by atoms with Crippen molar-refractivity contribution in [3.8, 4) is 0 Å². The van der Waals surface area contributed by atoms with Gasteiger partial charge >= 0.3 is 0 Å². The minimum absolute atomic E-state index is 0.0718. The number of carbonyl (C=O) groups excluding carboxylic acids is 1. The lowest BCUT2D eigenvalue weighted by atomic mass is 10.1. The van der Waals surface area contributed by atoms with Crippen LogP contribution in [0.2, 0.25) is 0 Å². The first-order chi connectivity index (χ1) is 13.7. The second kappa shape index (κ2) is 7.98. The molecule has 0 spiro atoms. The van der Waals surface area contributed by atoms with Gasteiger partial charge in [-0.05, 0) is 31.2 Å². The molecule has 0 aromatic carbocycles. The largest absolute Gasteiger partial charge is 0.338 e. The van der Waals surface area contributed by atoms with Crippen molar-refractivity contribution in [1.29, 1.82) is 0 Å². The molecule has 0 aliphatic carbocycles. The molecule has 0 saturated carbocycles. The van der Waals surface area contributed by atoms with Gasteiger partial charge in [0.2, 0.25) is 5.95 Å². The summed E-state index contributed by atoms with van der Waals surface area (Å²) in [5, 5.41) is 1.06. The van der Waals surface area contributed by atoms with Crippen LogP contribution in [0.5, 0.6) is 0 Å². The monoisotopic (exact) mass is 376 g/mol. The lowest BCUT2D eigenvalue weighted by Gasteiger charge is -2.37. The summed E-state index contributed by atoms with van der Waals surface area (Å²) in [7, 11) is 0. The van der Waals surface area contributed by atoms with E-state index in [9.17, 15) is 4.79 Å². The maximum Gasteiger partial charge on any atom is 0.225 e. The Hall–Kier alpha value is -2.93. The topological polar surface area (TPSA) is 75.1 Å². The molecule has 28 heavy (non-hydrogen) atoms. The molecule has 3 aromatic rings. The minimum Gasteiger partial charge on any atom is -0.338 e. The Morgan fingerprint density at radius 2 is 1.82 bits per heavy atom. The third-order valence-electron chi connectivity index (χ3n) is 5.34. The number of hydrogen-bond acceptors (Lipinski definition) is 7. The molecule has 144 valence electrons. The number of piperazine rings is 1. The molecule has 0 N–H and O–H groups in total. The predicted octanol–water partition coefficient (Wildman–Crippen LogP) is 2.90. The molecule has 1 unspecified atom stereocenters. The fourth-order valence-corrected chi connectivity index (χ4v) is 3.53.